The first-order valence-corrected chi connectivity index (χ1v) is 5.35. The monoisotopic (exact) mass is 187 g/mol. The summed E-state index contributed by atoms with van der Waals surface area (Å²) in [7, 11) is 0. The Morgan fingerprint density at radius 2 is 2.00 bits per heavy atom. The zero-order valence-electron chi connectivity index (χ0n) is 8.69. The van der Waals surface area contributed by atoms with Crippen molar-refractivity contribution < 1.29 is 0 Å². The smallest absolute Gasteiger partial charge is 0.0316 e. The van der Waals surface area contributed by atoms with Crippen LogP contribution >= 0.6 is 0 Å². The SMILES string of the molecule is CCN(Cc1ccccc1)C1C=CC1. The van der Waals surface area contributed by atoms with Crippen molar-refractivity contribution in [1.82, 2.24) is 4.90 Å². The van der Waals surface area contributed by atoms with Gasteiger partial charge in [0.25, 0.3) is 0 Å². The van der Waals surface area contributed by atoms with Crippen molar-refractivity contribution in [2.24, 2.45) is 0 Å². The van der Waals surface area contributed by atoms with E-state index in [4.69, 9.17) is 0 Å². The lowest BCUT2D eigenvalue weighted by Crippen LogP contribution is -2.35. The lowest BCUT2D eigenvalue weighted by atomic mass is 10.0. The van der Waals surface area contributed by atoms with Crippen LogP contribution < -0.4 is 0 Å². The molecule has 0 fully saturated rings. The minimum absolute atomic E-state index is 0.681. The number of likely N-dealkylation sites (N-methyl/N-ethyl adjacent to an activating group) is 1. The molecule has 0 radical (unpaired) electrons. The minimum atomic E-state index is 0.681. The van der Waals surface area contributed by atoms with Gasteiger partial charge in [-0.25, -0.2) is 0 Å². The van der Waals surface area contributed by atoms with Crippen LogP contribution in [-0.4, -0.2) is 17.5 Å². The lowest BCUT2D eigenvalue weighted by molar-refractivity contribution is 0.221. The molecule has 1 heteroatoms. The Morgan fingerprint density at radius 1 is 1.29 bits per heavy atom. The third-order valence-corrected chi connectivity index (χ3v) is 2.84. The van der Waals surface area contributed by atoms with Crippen LogP contribution in [0.2, 0.25) is 0 Å². The number of hydrogen-bond donors (Lipinski definition) is 0. The van der Waals surface area contributed by atoms with E-state index in [1.807, 2.05) is 0 Å². The third-order valence-electron chi connectivity index (χ3n) is 2.84. The number of hydrogen-bond acceptors (Lipinski definition) is 1. The van der Waals surface area contributed by atoms with Crippen LogP contribution in [0.1, 0.15) is 18.9 Å². The maximum atomic E-state index is 2.51. The Kier molecular flexibility index (Phi) is 3.00. The molecule has 0 saturated heterocycles. The van der Waals surface area contributed by atoms with E-state index < -0.39 is 0 Å². The molecule has 1 aromatic rings. The van der Waals surface area contributed by atoms with E-state index in [0.717, 1.165) is 13.1 Å². The predicted octanol–water partition coefficient (Wildman–Crippen LogP) is 2.84. The highest BCUT2D eigenvalue weighted by atomic mass is 15.1. The highest BCUT2D eigenvalue weighted by Crippen LogP contribution is 2.18. The molecule has 0 amide bonds. The summed E-state index contributed by atoms with van der Waals surface area (Å²) in [5, 5.41) is 0. The van der Waals surface area contributed by atoms with Gasteiger partial charge in [0.2, 0.25) is 0 Å². The van der Waals surface area contributed by atoms with Gasteiger partial charge >= 0.3 is 0 Å². The van der Waals surface area contributed by atoms with E-state index in [-0.39, 0.29) is 0 Å². The van der Waals surface area contributed by atoms with Crippen LogP contribution in [0, 0.1) is 0 Å². The Bertz CT molecular complexity index is 302. The van der Waals surface area contributed by atoms with E-state index >= 15 is 0 Å². The number of benzene rings is 1. The summed E-state index contributed by atoms with van der Waals surface area (Å²) < 4.78 is 0. The van der Waals surface area contributed by atoms with E-state index in [0.29, 0.717) is 6.04 Å². The van der Waals surface area contributed by atoms with Gasteiger partial charge in [-0.15, -0.1) is 0 Å². The second kappa shape index (κ2) is 4.43. The average Bonchev–Trinajstić information content (AvgIpc) is 2.15. The largest absolute Gasteiger partial charge is 0.293 e. The molecule has 1 nitrogen and oxygen atoms in total. The molecule has 2 rings (SSSR count). The lowest BCUT2D eigenvalue weighted by Gasteiger charge is -2.31. The van der Waals surface area contributed by atoms with E-state index in [1.165, 1.54) is 12.0 Å². The number of nitrogens with zero attached hydrogens (tertiary/aromatic N) is 1. The molecule has 1 aliphatic rings. The van der Waals surface area contributed by atoms with Gasteiger partial charge in [0, 0.05) is 12.6 Å². The molecule has 74 valence electrons. The van der Waals surface area contributed by atoms with Crippen LogP contribution in [-0.2, 0) is 6.54 Å². The van der Waals surface area contributed by atoms with Crippen LogP contribution in [0.4, 0.5) is 0 Å². The molecule has 0 spiro atoms. The Labute approximate surface area is 86.1 Å². The van der Waals surface area contributed by atoms with Gasteiger partial charge in [-0.05, 0) is 18.5 Å². The van der Waals surface area contributed by atoms with Crippen LogP contribution in [0.15, 0.2) is 42.5 Å². The van der Waals surface area contributed by atoms with Crippen molar-refractivity contribution in [2.75, 3.05) is 6.54 Å². The molecule has 1 atom stereocenters. The molecule has 1 aromatic carbocycles. The summed E-state index contributed by atoms with van der Waals surface area (Å²) in [6.45, 7) is 4.44. The summed E-state index contributed by atoms with van der Waals surface area (Å²) in [4.78, 5) is 2.51. The summed E-state index contributed by atoms with van der Waals surface area (Å²) in [6.07, 6.45) is 5.77. The van der Waals surface area contributed by atoms with E-state index in [9.17, 15) is 0 Å². The van der Waals surface area contributed by atoms with Crippen LogP contribution in [0.25, 0.3) is 0 Å². The predicted molar refractivity (Wildman–Crippen MR) is 60.1 cm³/mol. The fourth-order valence-corrected chi connectivity index (χ4v) is 1.81. The zero-order chi connectivity index (χ0) is 9.80. The molecule has 0 N–H and O–H groups in total. The summed E-state index contributed by atoms with van der Waals surface area (Å²) >= 11 is 0. The first-order valence-electron chi connectivity index (χ1n) is 5.35. The van der Waals surface area contributed by atoms with Gasteiger partial charge in [0.1, 0.15) is 0 Å². The maximum Gasteiger partial charge on any atom is 0.0316 e. The fourth-order valence-electron chi connectivity index (χ4n) is 1.81. The third kappa shape index (κ3) is 2.05. The second-order valence-corrected chi connectivity index (χ2v) is 3.78. The molecule has 0 bridgehead atoms. The van der Waals surface area contributed by atoms with Gasteiger partial charge in [0.05, 0.1) is 0 Å². The highest BCUT2D eigenvalue weighted by Gasteiger charge is 2.17. The Hall–Kier alpha value is -1.08. The Morgan fingerprint density at radius 3 is 2.50 bits per heavy atom. The first kappa shape index (κ1) is 9.47. The van der Waals surface area contributed by atoms with Gasteiger partial charge in [-0.2, -0.15) is 0 Å². The normalized spacial score (nSPS) is 19.7. The van der Waals surface area contributed by atoms with E-state index in [1.54, 1.807) is 0 Å². The average molecular weight is 187 g/mol. The molecular weight excluding hydrogens is 170 g/mol. The number of rotatable bonds is 4. The minimum Gasteiger partial charge on any atom is -0.293 e. The topological polar surface area (TPSA) is 3.24 Å². The van der Waals surface area contributed by atoms with Gasteiger partial charge < -0.3 is 0 Å². The van der Waals surface area contributed by atoms with Gasteiger partial charge in [-0.3, -0.25) is 4.90 Å². The molecule has 0 heterocycles. The summed E-state index contributed by atoms with van der Waals surface area (Å²) in [5.74, 6) is 0. The molecular formula is C13H17N. The molecule has 1 unspecified atom stereocenters. The van der Waals surface area contributed by atoms with Crippen molar-refractivity contribution in [3.8, 4) is 0 Å². The van der Waals surface area contributed by atoms with Crippen molar-refractivity contribution in [3.63, 3.8) is 0 Å². The van der Waals surface area contributed by atoms with Crippen molar-refractivity contribution in [3.05, 3.63) is 48.0 Å². The first-order chi connectivity index (χ1) is 6.90. The zero-order valence-corrected chi connectivity index (χ0v) is 8.69. The van der Waals surface area contributed by atoms with Crippen molar-refractivity contribution >= 4 is 0 Å². The van der Waals surface area contributed by atoms with E-state index in [2.05, 4.69) is 54.3 Å². The molecule has 0 aromatic heterocycles. The summed E-state index contributed by atoms with van der Waals surface area (Å²) in [5.41, 5.74) is 1.41. The van der Waals surface area contributed by atoms with Crippen molar-refractivity contribution in [1.29, 1.82) is 0 Å². The van der Waals surface area contributed by atoms with Gasteiger partial charge in [-0.1, -0.05) is 49.4 Å². The fraction of sp³-hybridized carbons (Fsp3) is 0.385. The Balaban J connectivity index is 1.98. The second-order valence-electron chi connectivity index (χ2n) is 3.78. The quantitative estimate of drug-likeness (QED) is 0.655. The summed E-state index contributed by atoms with van der Waals surface area (Å²) in [6, 6.07) is 11.4. The van der Waals surface area contributed by atoms with Crippen LogP contribution in [0.3, 0.4) is 0 Å². The highest BCUT2D eigenvalue weighted by molar-refractivity contribution is 5.16. The molecule has 0 aliphatic heterocycles. The molecule has 0 saturated carbocycles. The van der Waals surface area contributed by atoms with Gasteiger partial charge in [0.15, 0.2) is 0 Å². The van der Waals surface area contributed by atoms with Crippen LogP contribution in [0.5, 0.6) is 0 Å². The molecule has 1 aliphatic carbocycles. The maximum absolute atomic E-state index is 2.51. The molecule has 14 heavy (non-hydrogen) atoms. The van der Waals surface area contributed by atoms with Crippen molar-refractivity contribution in [2.45, 2.75) is 25.9 Å². The standard InChI is InChI=1S/C13H17N/c1-2-14(13-9-6-10-13)11-12-7-4-3-5-8-12/h3-9,13H,2,10-11H2,1H3.